The van der Waals surface area contributed by atoms with Crippen molar-refractivity contribution in [2.75, 3.05) is 5.32 Å². The third-order valence-electron chi connectivity index (χ3n) is 5.15. The van der Waals surface area contributed by atoms with Gasteiger partial charge >= 0.3 is 0 Å². The molecule has 20 heavy (non-hydrogen) atoms. The van der Waals surface area contributed by atoms with Crippen LogP contribution < -0.4 is 5.32 Å². The average molecular weight is 275 g/mol. The maximum absolute atomic E-state index is 4.59. The molecular formula is C17H29N3. The Hall–Kier alpha value is -0.990. The summed E-state index contributed by atoms with van der Waals surface area (Å²) in [5, 5.41) is 3.74. The number of nitrogens with zero attached hydrogens (tertiary/aromatic N) is 2. The van der Waals surface area contributed by atoms with Gasteiger partial charge in [0.15, 0.2) is 0 Å². The summed E-state index contributed by atoms with van der Waals surface area (Å²) in [5.41, 5.74) is 0. The number of hydrogen-bond acceptors (Lipinski definition) is 2. The zero-order chi connectivity index (χ0) is 13.9. The molecule has 2 saturated carbocycles. The monoisotopic (exact) mass is 275 g/mol. The molecule has 1 aromatic heterocycles. The predicted octanol–water partition coefficient (Wildman–Crippen LogP) is 4.62. The molecule has 0 bridgehead atoms. The van der Waals surface area contributed by atoms with E-state index in [2.05, 4.69) is 34.9 Å². The molecule has 0 radical (unpaired) electrons. The molecule has 1 N–H and O–H groups in total. The van der Waals surface area contributed by atoms with E-state index in [1.165, 1.54) is 51.4 Å². The van der Waals surface area contributed by atoms with Crippen LogP contribution in [0.3, 0.4) is 0 Å². The van der Waals surface area contributed by atoms with E-state index in [1.807, 2.05) is 6.20 Å². The second kappa shape index (κ2) is 6.19. The molecule has 3 heteroatoms. The van der Waals surface area contributed by atoms with E-state index in [0.717, 1.165) is 17.8 Å². The minimum atomic E-state index is 0.610. The first-order valence-corrected chi connectivity index (χ1v) is 8.51. The standard InChI is InChI=1S/C17H29N3/c1-13-10-14(2)12-15(11-13)19-17-18-8-9-20(17)16-6-4-3-5-7-16/h8-9,13-16H,3-7,10-12H2,1-2H3,(H,18,19). The van der Waals surface area contributed by atoms with Crippen molar-refractivity contribution >= 4 is 5.95 Å². The molecule has 0 aromatic carbocycles. The molecule has 3 nitrogen and oxygen atoms in total. The fourth-order valence-corrected chi connectivity index (χ4v) is 4.33. The first-order valence-electron chi connectivity index (χ1n) is 8.51. The lowest BCUT2D eigenvalue weighted by Gasteiger charge is -2.33. The van der Waals surface area contributed by atoms with Gasteiger partial charge < -0.3 is 9.88 Å². The van der Waals surface area contributed by atoms with Gasteiger partial charge in [0.1, 0.15) is 0 Å². The molecule has 2 fully saturated rings. The minimum absolute atomic E-state index is 0.610. The summed E-state index contributed by atoms with van der Waals surface area (Å²) in [7, 11) is 0. The van der Waals surface area contributed by atoms with Crippen molar-refractivity contribution in [3.63, 3.8) is 0 Å². The SMILES string of the molecule is CC1CC(C)CC(Nc2nccn2C2CCCCC2)C1. The number of nitrogens with one attached hydrogen (secondary N) is 1. The summed E-state index contributed by atoms with van der Waals surface area (Å²) in [5.74, 6) is 2.80. The van der Waals surface area contributed by atoms with Gasteiger partial charge in [-0.25, -0.2) is 4.98 Å². The van der Waals surface area contributed by atoms with Crippen molar-refractivity contribution in [1.29, 1.82) is 0 Å². The molecule has 0 saturated heterocycles. The van der Waals surface area contributed by atoms with Crippen molar-refractivity contribution in [3.8, 4) is 0 Å². The second-order valence-electron chi connectivity index (χ2n) is 7.21. The molecule has 0 spiro atoms. The Labute approximate surface area is 123 Å². The van der Waals surface area contributed by atoms with Gasteiger partial charge in [0.25, 0.3) is 0 Å². The van der Waals surface area contributed by atoms with E-state index in [9.17, 15) is 0 Å². The largest absolute Gasteiger partial charge is 0.353 e. The Kier molecular flexibility index (Phi) is 4.32. The van der Waals surface area contributed by atoms with Crippen LogP contribution in [0.4, 0.5) is 5.95 Å². The number of imidazole rings is 1. The van der Waals surface area contributed by atoms with Crippen molar-refractivity contribution < 1.29 is 0 Å². The smallest absolute Gasteiger partial charge is 0.203 e. The fourth-order valence-electron chi connectivity index (χ4n) is 4.33. The van der Waals surface area contributed by atoms with Crippen LogP contribution in [-0.4, -0.2) is 15.6 Å². The zero-order valence-corrected chi connectivity index (χ0v) is 13.0. The maximum Gasteiger partial charge on any atom is 0.203 e. The Morgan fingerprint density at radius 2 is 1.75 bits per heavy atom. The van der Waals surface area contributed by atoms with Crippen LogP contribution in [0.1, 0.15) is 71.3 Å². The molecule has 1 aromatic rings. The minimum Gasteiger partial charge on any atom is -0.353 e. The van der Waals surface area contributed by atoms with Gasteiger partial charge in [-0.05, 0) is 43.9 Å². The Balaban J connectivity index is 1.66. The highest BCUT2D eigenvalue weighted by molar-refractivity contribution is 5.29. The van der Waals surface area contributed by atoms with Crippen LogP contribution in [-0.2, 0) is 0 Å². The van der Waals surface area contributed by atoms with Crippen LogP contribution in [0.25, 0.3) is 0 Å². The molecule has 2 atom stereocenters. The molecule has 112 valence electrons. The van der Waals surface area contributed by atoms with E-state index in [0.29, 0.717) is 12.1 Å². The summed E-state index contributed by atoms with van der Waals surface area (Å²) >= 11 is 0. The molecule has 3 rings (SSSR count). The number of aromatic nitrogens is 2. The average Bonchev–Trinajstić information content (AvgIpc) is 2.86. The van der Waals surface area contributed by atoms with Crippen LogP contribution in [0.15, 0.2) is 12.4 Å². The molecule has 0 aliphatic heterocycles. The van der Waals surface area contributed by atoms with Crippen molar-refractivity contribution in [2.24, 2.45) is 11.8 Å². The summed E-state index contributed by atoms with van der Waals surface area (Å²) in [6, 6.07) is 1.28. The van der Waals surface area contributed by atoms with Gasteiger partial charge in [-0.15, -0.1) is 0 Å². The van der Waals surface area contributed by atoms with Crippen LogP contribution >= 0.6 is 0 Å². The lowest BCUT2D eigenvalue weighted by atomic mass is 9.80. The lowest BCUT2D eigenvalue weighted by Crippen LogP contribution is -2.31. The molecule has 0 amide bonds. The lowest BCUT2D eigenvalue weighted by molar-refractivity contribution is 0.278. The molecule has 2 aliphatic rings. The summed E-state index contributed by atoms with van der Waals surface area (Å²) in [4.78, 5) is 4.59. The first kappa shape index (κ1) is 14.0. The van der Waals surface area contributed by atoms with Crippen molar-refractivity contribution in [2.45, 2.75) is 77.3 Å². The van der Waals surface area contributed by atoms with Gasteiger partial charge in [-0.2, -0.15) is 0 Å². The predicted molar refractivity (Wildman–Crippen MR) is 83.9 cm³/mol. The Morgan fingerprint density at radius 3 is 2.45 bits per heavy atom. The van der Waals surface area contributed by atoms with E-state index in [4.69, 9.17) is 0 Å². The van der Waals surface area contributed by atoms with Gasteiger partial charge in [0.2, 0.25) is 5.95 Å². The van der Waals surface area contributed by atoms with E-state index >= 15 is 0 Å². The topological polar surface area (TPSA) is 29.9 Å². The molecule has 2 aliphatic carbocycles. The third-order valence-corrected chi connectivity index (χ3v) is 5.15. The Morgan fingerprint density at radius 1 is 1.05 bits per heavy atom. The number of anilines is 1. The van der Waals surface area contributed by atoms with Crippen LogP contribution in [0, 0.1) is 11.8 Å². The first-order chi connectivity index (χ1) is 9.72. The van der Waals surface area contributed by atoms with E-state index in [1.54, 1.807) is 0 Å². The van der Waals surface area contributed by atoms with Gasteiger partial charge in [0, 0.05) is 24.5 Å². The van der Waals surface area contributed by atoms with Crippen LogP contribution in [0.2, 0.25) is 0 Å². The normalized spacial score (nSPS) is 32.2. The number of rotatable bonds is 3. The third kappa shape index (κ3) is 3.18. The summed E-state index contributed by atoms with van der Waals surface area (Å²) in [6.45, 7) is 4.77. The fraction of sp³-hybridized carbons (Fsp3) is 0.824. The zero-order valence-electron chi connectivity index (χ0n) is 13.0. The summed E-state index contributed by atoms with van der Waals surface area (Å²) in [6.07, 6.45) is 14.9. The second-order valence-corrected chi connectivity index (χ2v) is 7.21. The van der Waals surface area contributed by atoms with Gasteiger partial charge in [0.05, 0.1) is 0 Å². The quantitative estimate of drug-likeness (QED) is 0.872. The van der Waals surface area contributed by atoms with E-state index < -0.39 is 0 Å². The molecule has 2 unspecified atom stereocenters. The van der Waals surface area contributed by atoms with Gasteiger partial charge in [-0.1, -0.05) is 33.1 Å². The highest BCUT2D eigenvalue weighted by atomic mass is 15.2. The molecule has 1 heterocycles. The van der Waals surface area contributed by atoms with Crippen molar-refractivity contribution in [1.82, 2.24) is 9.55 Å². The number of hydrogen-bond donors (Lipinski definition) is 1. The highest BCUT2D eigenvalue weighted by Crippen LogP contribution is 2.33. The molecular weight excluding hydrogens is 246 g/mol. The van der Waals surface area contributed by atoms with E-state index in [-0.39, 0.29) is 0 Å². The highest BCUT2D eigenvalue weighted by Gasteiger charge is 2.25. The Bertz CT molecular complexity index is 410. The van der Waals surface area contributed by atoms with Crippen molar-refractivity contribution in [3.05, 3.63) is 12.4 Å². The van der Waals surface area contributed by atoms with Crippen LogP contribution in [0.5, 0.6) is 0 Å². The van der Waals surface area contributed by atoms with Gasteiger partial charge in [-0.3, -0.25) is 0 Å². The maximum atomic E-state index is 4.59. The summed E-state index contributed by atoms with van der Waals surface area (Å²) < 4.78 is 2.41.